The minimum Gasteiger partial charge on any atom is -0.462 e. The van der Waals surface area contributed by atoms with Crippen molar-refractivity contribution in [2.75, 3.05) is 18.5 Å². The Morgan fingerprint density at radius 2 is 2.00 bits per heavy atom. The van der Waals surface area contributed by atoms with Gasteiger partial charge in [0.15, 0.2) is 5.11 Å². The molecule has 1 aromatic heterocycles. The number of benzene rings is 1. The van der Waals surface area contributed by atoms with Crippen LogP contribution in [0.4, 0.5) is 5.00 Å². The molecule has 2 N–H and O–H groups in total. The van der Waals surface area contributed by atoms with Crippen LogP contribution in [0.25, 0.3) is 0 Å². The zero-order valence-corrected chi connectivity index (χ0v) is 16.4. The molecule has 0 aliphatic rings. The molecule has 0 aliphatic heterocycles. The molecule has 0 saturated heterocycles. The Kier molecular flexibility index (Phi) is 7.40. The number of nitrogens with one attached hydrogen (secondary N) is 2. The third kappa shape index (κ3) is 6.14. The maximum absolute atomic E-state index is 12.3. The van der Waals surface area contributed by atoms with Crippen LogP contribution in [0.1, 0.15) is 41.6 Å². The summed E-state index contributed by atoms with van der Waals surface area (Å²) in [5.74, 6) is 0.161. The average Bonchev–Trinajstić information content (AvgIpc) is 2.96. The van der Waals surface area contributed by atoms with Crippen molar-refractivity contribution in [3.63, 3.8) is 0 Å². The van der Waals surface area contributed by atoms with Gasteiger partial charge in [-0.3, -0.25) is 0 Å². The quantitative estimate of drug-likeness (QED) is 0.552. The normalized spacial score (nSPS) is 10.6. The van der Waals surface area contributed by atoms with Crippen molar-refractivity contribution in [3.05, 3.63) is 52.4 Å². The summed E-state index contributed by atoms with van der Waals surface area (Å²) >= 11 is 6.87. The topological polar surface area (TPSA) is 50.4 Å². The van der Waals surface area contributed by atoms with Gasteiger partial charge < -0.3 is 15.4 Å². The number of hydrogen-bond donors (Lipinski definition) is 2. The van der Waals surface area contributed by atoms with Gasteiger partial charge in [-0.1, -0.05) is 44.2 Å². The predicted molar refractivity (Wildman–Crippen MR) is 109 cm³/mol. The number of carbonyl (C=O) groups is 1. The zero-order valence-electron chi connectivity index (χ0n) is 14.8. The molecule has 0 amide bonds. The van der Waals surface area contributed by atoms with Crippen LogP contribution in [0.5, 0.6) is 0 Å². The lowest BCUT2D eigenvalue weighted by Gasteiger charge is -2.12. The molecule has 1 heterocycles. The Morgan fingerprint density at radius 1 is 1.28 bits per heavy atom. The van der Waals surface area contributed by atoms with E-state index in [1.807, 2.05) is 24.3 Å². The van der Waals surface area contributed by atoms with Crippen molar-refractivity contribution in [3.8, 4) is 0 Å². The highest BCUT2D eigenvalue weighted by molar-refractivity contribution is 7.80. The van der Waals surface area contributed by atoms with Crippen molar-refractivity contribution in [2.45, 2.75) is 27.2 Å². The summed E-state index contributed by atoms with van der Waals surface area (Å²) in [6, 6.07) is 12.1. The molecule has 0 aliphatic carbocycles. The van der Waals surface area contributed by atoms with Gasteiger partial charge in [-0.15, -0.1) is 11.3 Å². The minimum atomic E-state index is -0.327. The Labute approximate surface area is 158 Å². The van der Waals surface area contributed by atoms with Gasteiger partial charge in [0.05, 0.1) is 12.2 Å². The Balaban J connectivity index is 2.17. The summed E-state index contributed by atoms with van der Waals surface area (Å²) in [6.45, 7) is 7.16. The summed E-state index contributed by atoms with van der Waals surface area (Å²) in [7, 11) is 0. The van der Waals surface area contributed by atoms with Crippen molar-refractivity contribution in [1.82, 2.24) is 5.32 Å². The van der Waals surface area contributed by atoms with Crippen LogP contribution in [-0.2, 0) is 11.2 Å². The van der Waals surface area contributed by atoms with Crippen molar-refractivity contribution >= 4 is 39.6 Å². The lowest BCUT2D eigenvalue weighted by atomic mass is 10.1. The Bertz CT molecular complexity index is 711. The fourth-order valence-electron chi connectivity index (χ4n) is 2.22. The smallest absolute Gasteiger partial charge is 0.341 e. The summed E-state index contributed by atoms with van der Waals surface area (Å²) < 4.78 is 5.18. The van der Waals surface area contributed by atoms with Crippen LogP contribution >= 0.6 is 23.6 Å². The molecule has 0 fully saturated rings. The van der Waals surface area contributed by atoms with Gasteiger partial charge in [-0.2, -0.15) is 0 Å². The monoisotopic (exact) mass is 376 g/mol. The molecule has 6 heteroatoms. The van der Waals surface area contributed by atoms with E-state index in [9.17, 15) is 4.79 Å². The highest BCUT2D eigenvalue weighted by atomic mass is 32.1. The number of anilines is 1. The SMILES string of the molecule is CCOC(=O)c1cc(Cc2ccccc2)sc1NC(=S)NCC(C)C. The van der Waals surface area contributed by atoms with E-state index in [0.29, 0.717) is 23.2 Å². The number of carbonyl (C=O) groups excluding carboxylic acids is 1. The molecule has 2 rings (SSSR count). The van der Waals surface area contributed by atoms with E-state index in [0.717, 1.165) is 22.8 Å². The Hall–Kier alpha value is -1.92. The molecule has 2 aromatic rings. The molecule has 0 saturated carbocycles. The van der Waals surface area contributed by atoms with Gasteiger partial charge in [0, 0.05) is 17.8 Å². The summed E-state index contributed by atoms with van der Waals surface area (Å²) in [5, 5.41) is 7.56. The molecule has 25 heavy (non-hydrogen) atoms. The third-order valence-corrected chi connectivity index (χ3v) is 4.69. The second kappa shape index (κ2) is 9.53. The second-order valence-electron chi connectivity index (χ2n) is 6.07. The number of ether oxygens (including phenoxy) is 1. The number of hydrogen-bond acceptors (Lipinski definition) is 4. The molecule has 0 spiro atoms. The number of esters is 1. The molecular formula is C19H24N2O2S2. The maximum atomic E-state index is 12.3. The third-order valence-electron chi connectivity index (χ3n) is 3.40. The van der Waals surface area contributed by atoms with Gasteiger partial charge in [-0.25, -0.2) is 4.79 Å². The highest BCUT2D eigenvalue weighted by Gasteiger charge is 2.18. The van der Waals surface area contributed by atoms with Gasteiger partial charge in [-0.05, 0) is 36.7 Å². The van der Waals surface area contributed by atoms with E-state index in [2.05, 4.69) is 36.6 Å². The zero-order chi connectivity index (χ0) is 18.2. The molecule has 0 unspecified atom stereocenters. The fraction of sp³-hybridized carbons (Fsp3) is 0.368. The standard InChI is InChI=1S/C19H24N2O2S2/c1-4-23-18(22)16-11-15(10-14-8-6-5-7-9-14)25-17(16)21-19(24)20-12-13(2)3/h5-9,11,13H,4,10,12H2,1-3H3,(H2,20,21,24). The summed E-state index contributed by atoms with van der Waals surface area (Å²) in [5.41, 5.74) is 1.73. The molecule has 0 atom stereocenters. The van der Waals surface area contributed by atoms with Crippen LogP contribution in [0.2, 0.25) is 0 Å². The molecular weight excluding hydrogens is 352 g/mol. The van der Waals surface area contributed by atoms with Gasteiger partial charge in [0.2, 0.25) is 0 Å². The van der Waals surface area contributed by atoms with Crippen molar-refractivity contribution < 1.29 is 9.53 Å². The van der Waals surface area contributed by atoms with E-state index in [-0.39, 0.29) is 5.97 Å². The van der Waals surface area contributed by atoms with Gasteiger partial charge in [0.25, 0.3) is 0 Å². The van der Waals surface area contributed by atoms with E-state index in [4.69, 9.17) is 17.0 Å². The van der Waals surface area contributed by atoms with Gasteiger partial charge in [0.1, 0.15) is 5.00 Å². The maximum Gasteiger partial charge on any atom is 0.341 e. The molecule has 4 nitrogen and oxygen atoms in total. The van der Waals surface area contributed by atoms with Gasteiger partial charge >= 0.3 is 5.97 Å². The van der Waals surface area contributed by atoms with Crippen LogP contribution in [0.15, 0.2) is 36.4 Å². The van der Waals surface area contributed by atoms with Crippen LogP contribution in [0.3, 0.4) is 0 Å². The lowest BCUT2D eigenvalue weighted by molar-refractivity contribution is 0.0528. The second-order valence-corrected chi connectivity index (χ2v) is 7.61. The van der Waals surface area contributed by atoms with E-state index >= 15 is 0 Å². The largest absolute Gasteiger partial charge is 0.462 e. The first-order valence-corrected chi connectivity index (χ1v) is 9.60. The van der Waals surface area contributed by atoms with E-state index in [1.165, 1.54) is 16.9 Å². The average molecular weight is 377 g/mol. The van der Waals surface area contributed by atoms with Crippen LogP contribution in [0, 0.1) is 5.92 Å². The van der Waals surface area contributed by atoms with Crippen LogP contribution < -0.4 is 10.6 Å². The number of thiocarbonyl (C=S) groups is 1. The first kappa shape index (κ1) is 19.4. The molecule has 0 bridgehead atoms. The number of thiophene rings is 1. The molecule has 134 valence electrons. The summed E-state index contributed by atoms with van der Waals surface area (Å²) in [4.78, 5) is 13.3. The van der Waals surface area contributed by atoms with Crippen molar-refractivity contribution in [2.24, 2.45) is 5.92 Å². The van der Waals surface area contributed by atoms with E-state index in [1.54, 1.807) is 6.92 Å². The molecule has 0 radical (unpaired) electrons. The predicted octanol–water partition coefficient (Wildman–Crippen LogP) is 4.46. The van der Waals surface area contributed by atoms with Crippen LogP contribution in [-0.4, -0.2) is 24.2 Å². The Morgan fingerprint density at radius 3 is 2.64 bits per heavy atom. The highest BCUT2D eigenvalue weighted by Crippen LogP contribution is 2.30. The van der Waals surface area contributed by atoms with E-state index < -0.39 is 0 Å². The van der Waals surface area contributed by atoms with Crippen molar-refractivity contribution in [1.29, 1.82) is 0 Å². The summed E-state index contributed by atoms with van der Waals surface area (Å²) in [6.07, 6.45) is 0.770. The lowest BCUT2D eigenvalue weighted by Crippen LogP contribution is -2.31. The number of rotatable bonds is 7. The first-order valence-electron chi connectivity index (χ1n) is 8.38. The fourth-order valence-corrected chi connectivity index (χ4v) is 3.56. The first-order chi connectivity index (χ1) is 12.0. The minimum absolute atomic E-state index is 0.327. The molecule has 1 aromatic carbocycles.